The molecule has 26 heavy (non-hydrogen) atoms. The molecule has 0 radical (unpaired) electrons. The third-order valence-corrected chi connectivity index (χ3v) is 6.89. The number of fused-ring (bicyclic) bond motifs is 5. The molecule has 3 aliphatic carbocycles. The lowest BCUT2D eigenvalue weighted by molar-refractivity contribution is -0.122. The van der Waals surface area contributed by atoms with Gasteiger partial charge >= 0.3 is 0 Å². The maximum atomic E-state index is 13.3. The fourth-order valence-electron chi connectivity index (χ4n) is 5.70. The highest BCUT2D eigenvalue weighted by molar-refractivity contribution is 6.23. The van der Waals surface area contributed by atoms with Crippen LogP contribution in [-0.2, 0) is 9.59 Å². The average Bonchev–Trinajstić information content (AvgIpc) is 3.28. The molecule has 134 valence electrons. The Bertz CT molecular complexity index is 836. The third kappa shape index (κ3) is 2.06. The first-order chi connectivity index (χ1) is 12.6. The summed E-state index contributed by atoms with van der Waals surface area (Å²) >= 11 is 0. The summed E-state index contributed by atoms with van der Waals surface area (Å²) in [6.45, 7) is 3.98. The highest BCUT2D eigenvalue weighted by atomic mass is 16.2. The number of imide groups is 1. The van der Waals surface area contributed by atoms with Crippen LogP contribution in [0.15, 0.2) is 41.5 Å². The van der Waals surface area contributed by atoms with Crippen LogP contribution in [0.1, 0.15) is 43.2 Å². The number of carbonyl (C=O) groups is 2. The van der Waals surface area contributed by atoms with E-state index in [1.807, 2.05) is 32.0 Å². The summed E-state index contributed by atoms with van der Waals surface area (Å²) in [5.74, 6) is -0.0167. The maximum absolute atomic E-state index is 13.3. The Labute approximate surface area is 154 Å². The van der Waals surface area contributed by atoms with Gasteiger partial charge in [0, 0.05) is 11.8 Å². The van der Waals surface area contributed by atoms with Crippen molar-refractivity contribution in [2.75, 3.05) is 4.90 Å². The topological polar surface area (TPSA) is 37.4 Å². The Morgan fingerprint density at radius 3 is 2.12 bits per heavy atom. The zero-order valence-corrected chi connectivity index (χ0v) is 15.5. The van der Waals surface area contributed by atoms with E-state index in [-0.39, 0.29) is 35.5 Å². The minimum absolute atomic E-state index is 0.0134. The molecule has 2 amide bonds. The number of benzene rings is 1. The Kier molecular flexibility index (Phi) is 3.50. The van der Waals surface area contributed by atoms with Gasteiger partial charge in [-0.3, -0.25) is 9.59 Å². The normalized spacial score (nSPS) is 32.8. The second kappa shape index (κ2) is 5.67. The molecule has 1 aromatic rings. The van der Waals surface area contributed by atoms with Crippen molar-refractivity contribution in [2.45, 2.75) is 46.0 Å². The number of amides is 2. The Morgan fingerprint density at radius 1 is 0.885 bits per heavy atom. The highest BCUT2D eigenvalue weighted by Gasteiger charge is 2.62. The van der Waals surface area contributed by atoms with E-state index in [9.17, 15) is 9.59 Å². The maximum Gasteiger partial charge on any atom is 0.238 e. The molecule has 1 aromatic carbocycles. The van der Waals surface area contributed by atoms with Gasteiger partial charge in [0.25, 0.3) is 0 Å². The fourth-order valence-corrected chi connectivity index (χ4v) is 5.70. The first kappa shape index (κ1) is 16.0. The van der Waals surface area contributed by atoms with Gasteiger partial charge in [0.2, 0.25) is 11.8 Å². The minimum atomic E-state index is -0.179. The molecule has 2 saturated carbocycles. The molecule has 5 rings (SSSR count). The SMILES string of the molecule is Cc1ccc(C)c(N2C(=O)[C@@H]3[C@H](C2=O)[C@H]2C=C[C@@H]3C2=C2CCCCC2)c1. The number of carbonyl (C=O) groups excluding carboxylic acids is 2. The number of aryl methyl sites for hydroxylation is 2. The lowest BCUT2D eigenvalue weighted by Crippen LogP contribution is -2.34. The van der Waals surface area contributed by atoms with Crippen molar-refractivity contribution in [3.8, 4) is 0 Å². The van der Waals surface area contributed by atoms with Crippen molar-refractivity contribution < 1.29 is 9.59 Å². The van der Waals surface area contributed by atoms with E-state index in [0.29, 0.717) is 0 Å². The predicted molar refractivity (Wildman–Crippen MR) is 102 cm³/mol. The monoisotopic (exact) mass is 347 g/mol. The molecule has 4 atom stereocenters. The fraction of sp³-hybridized carbons (Fsp3) is 0.478. The Morgan fingerprint density at radius 2 is 1.50 bits per heavy atom. The summed E-state index contributed by atoms with van der Waals surface area (Å²) < 4.78 is 0. The van der Waals surface area contributed by atoms with Gasteiger partial charge in [0.1, 0.15) is 0 Å². The summed E-state index contributed by atoms with van der Waals surface area (Å²) in [6, 6.07) is 6.01. The summed E-state index contributed by atoms with van der Waals surface area (Å²) in [4.78, 5) is 28.1. The quantitative estimate of drug-likeness (QED) is 0.555. The van der Waals surface area contributed by atoms with Gasteiger partial charge in [-0.15, -0.1) is 0 Å². The lowest BCUT2D eigenvalue weighted by Gasteiger charge is -2.24. The second-order valence-electron chi connectivity index (χ2n) is 8.41. The number of rotatable bonds is 1. The summed E-state index contributed by atoms with van der Waals surface area (Å²) in [5, 5.41) is 0. The van der Waals surface area contributed by atoms with Crippen LogP contribution in [0.2, 0.25) is 0 Å². The number of anilines is 1. The molecule has 0 spiro atoms. The van der Waals surface area contributed by atoms with E-state index < -0.39 is 0 Å². The van der Waals surface area contributed by atoms with E-state index in [1.54, 1.807) is 5.57 Å². The van der Waals surface area contributed by atoms with Crippen LogP contribution in [0.3, 0.4) is 0 Å². The Hall–Kier alpha value is -2.16. The van der Waals surface area contributed by atoms with E-state index >= 15 is 0 Å². The molecule has 2 bridgehead atoms. The van der Waals surface area contributed by atoms with Crippen molar-refractivity contribution in [3.05, 3.63) is 52.6 Å². The molecule has 1 aliphatic heterocycles. The molecule has 0 aromatic heterocycles. The zero-order valence-electron chi connectivity index (χ0n) is 15.5. The van der Waals surface area contributed by atoms with E-state index in [4.69, 9.17) is 0 Å². The van der Waals surface area contributed by atoms with E-state index in [1.165, 1.54) is 29.7 Å². The van der Waals surface area contributed by atoms with E-state index in [2.05, 4.69) is 12.2 Å². The van der Waals surface area contributed by atoms with Gasteiger partial charge in [-0.2, -0.15) is 0 Å². The Balaban J connectivity index is 1.55. The first-order valence-corrected chi connectivity index (χ1v) is 9.93. The molecule has 3 heteroatoms. The molecule has 3 nitrogen and oxygen atoms in total. The van der Waals surface area contributed by atoms with E-state index in [0.717, 1.165) is 29.7 Å². The molecular formula is C23H25NO2. The highest BCUT2D eigenvalue weighted by Crippen LogP contribution is 2.58. The van der Waals surface area contributed by atoms with Crippen molar-refractivity contribution in [3.63, 3.8) is 0 Å². The van der Waals surface area contributed by atoms with Crippen LogP contribution in [-0.4, -0.2) is 11.8 Å². The molecule has 3 fully saturated rings. The van der Waals surface area contributed by atoms with Crippen LogP contribution >= 0.6 is 0 Å². The van der Waals surface area contributed by atoms with Crippen molar-refractivity contribution in [1.29, 1.82) is 0 Å². The van der Waals surface area contributed by atoms with Gasteiger partial charge in [-0.25, -0.2) is 4.90 Å². The van der Waals surface area contributed by atoms with Crippen molar-refractivity contribution in [1.82, 2.24) is 0 Å². The summed E-state index contributed by atoms with van der Waals surface area (Å²) in [7, 11) is 0. The molecule has 0 unspecified atom stereocenters. The van der Waals surface area contributed by atoms with Gasteiger partial charge in [-0.05, 0) is 56.7 Å². The minimum Gasteiger partial charge on any atom is -0.274 e. The van der Waals surface area contributed by atoms with Crippen LogP contribution < -0.4 is 4.90 Å². The molecular weight excluding hydrogens is 322 g/mol. The predicted octanol–water partition coefficient (Wildman–Crippen LogP) is 4.49. The standard InChI is InChI=1S/C23H25NO2/c1-13-8-9-14(2)18(12-13)24-22(25)20-16-10-11-17(21(20)23(24)26)19(16)15-6-4-3-5-7-15/h8-12,16-17,20-21H,3-7H2,1-2H3/t16-,17+,20+,21-. The number of allylic oxidation sites excluding steroid dienone is 4. The zero-order chi connectivity index (χ0) is 18.0. The number of hydrogen-bond acceptors (Lipinski definition) is 2. The smallest absolute Gasteiger partial charge is 0.238 e. The third-order valence-electron chi connectivity index (χ3n) is 6.89. The van der Waals surface area contributed by atoms with Gasteiger partial charge in [-0.1, -0.05) is 41.9 Å². The molecule has 1 saturated heterocycles. The molecule has 4 aliphatic rings. The lowest BCUT2D eigenvalue weighted by atomic mass is 9.85. The summed E-state index contributed by atoms with van der Waals surface area (Å²) in [6.07, 6.45) is 10.6. The largest absolute Gasteiger partial charge is 0.274 e. The first-order valence-electron chi connectivity index (χ1n) is 9.93. The van der Waals surface area contributed by atoms with Crippen LogP contribution in [0.4, 0.5) is 5.69 Å². The van der Waals surface area contributed by atoms with Crippen LogP contribution in [0.5, 0.6) is 0 Å². The summed E-state index contributed by atoms with van der Waals surface area (Å²) in [5.41, 5.74) is 5.82. The number of nitrogens with zero attached hydrogens (tertiary/aromatic N) is 1. The number of hydrogen-bond donors (Lipinski definition) is 0. The van der Waals surface area contributed by atoms with Gasteiger partial charge in [0.15, 0.2) is 0 Å². The van der Waals surface area contributed by atoms with Crippen molar-refractivity contribution >= 4 is 17.5 Å². The second-order valence-corrected chi connectivity index (χ2v) is 8.41. The van der Waals surface area contributed by atoms with Crippen LogP contribution in [0, 0.1) is 37.5 Å². The average molecular weight is 347 g/mol. The molecule has 0 N–H and O–H groups in total. The van der Waals surface area contributed by atoms with Gasteiger partial charge in [0.05, 0.1) is 17.5 Å². The van der Waals surface area contributed by atoms with Crippen molar-refractivity contribution in [2.24, 2.45) is 23.7 Å². The van der Waals surface area contributed by atoms with Crippen LogP contribution in [0.25, 0.3) is 0 Å². The van der Waals surface area contributed by atoms with Gasteiger partial charge < -0.3 is 0 Å². The molecule has 1 heterocycles.